The molecule has 0 aliphatic heterocycles. The molecule has 0 radical (unpaired) electrons. The molecule has 122 valence electrons. The van der Waals surface area contributed by atoms with Crippen LogP contribution in [0.1, 0.15) is 15.2 Å². The van der Waals surface area contributed by atoms with Crippen LogP contribution in [0.5, 0.6) is 5.75 Å². The third-order valence-electron chi connectivity index (χ3n) is 2.47. The van der Waals surface area contributed by atoms with Crippen molar-refractivity contribution >= 4 is 23.1 Å². The van der Waals surface area contributed by atoms with Gasteiger partial charge in [-0.05, 0) is 29.6 Å². The molecular weight excluding hydrogens is 333 g/mol. The van der Waals surface area contributed by atoms with E-state index in [9.17, 15) is 18.0 Å². The van der Waals surface area contributed by atoms with Gasteiger partial charge in [-0.1, -0.05) is 17.3 Å². The molecule has 0 bridgehead atoms. The van der Waals surface area contributed by atoms with E-state index in [4.69, 9.17) is 5.73 Å². The molecule has 0 amide bonds. The number of hydrogen-bond donors (Lipinski definition) is 1. The highest BCUT2D eigenvalue weighted by Gasteiger charge is 2.28. The second-order valence-electron chi connectivity index (χ2n) is 4.26. The molecule has 0 saturated carbocycles. The van der Waals surface area contributed by atoms with Crippen LogP contribution in [-0.2, 0) is 4.84 Å². The van der Waals surface area contributed by atoms with E-state index in [0.717, 1.165) is 6.07 Å². The van der Waals surface area contributed by atoms with Crippen LogP contribution in [0.15, 0.2) is 46.9 Å². The summed E-state index contributed by atoms with van der Waals surface area (Å²) < 4.78 is 40.8. The zero-order chi connectivity index (χ0) is 16.9. The molecule has 5 nitrogen and oxygen atoms in total. The van der Waals surface area contributed by atoms with Gasteiger partial charge >= 0.3 is 12.1 Å². The van der Waals surface area contributed by atoms with Gasteiger partial charge in [0, 0.05) is 0 Å². The quantitative estimate of drug-likeness (QED) is 0.391. The maximum Gasteiger partial charge on any atom is 0.422 e. The number of amidine groups is 1. The zero-order valence-corrected chi connectivity index (χ0v) is 12.4. The lowest BCUT2D eigenvalue weighted by atomic mass is 10.2. The average Bonchev–Trinajstić information content (AvgIpc) is 3.04. The molecule has 1 aromatic carbocycles. The summed E-state index contributed by atoms with van der Waals surface area (Å²) in [4.78, 5) is 17.1. The highest BCUT2D eigenvalue weighted by atomic mass is 32.1. The lowest BCUT2D eigenvalue weighted by molar-refractivity contribution is -0.153. The molecule has 0 atom stereocenters. The van der Waals surface area contributed by atoms with Gasteiger partial charge in [-0.3, -0.25) is 0 Å². The maximum absolute atomic E-state index is 12.1. The molecule has 1 heterocycles. The largest absolute Gasteiger partial charge is 0.484 e. The van der Waals surface area contributed by atoms with Crippen LogP contribution in [0, 0.1) is 0 Å². The number of benzene rings is 1. The van der Waals surface area contributed by atoms with Crippen molar-refractivity contribution in [3.05, 3.63) is 52.2 Å². The van der Waals surface area contributed by atoms with Crippen LogP contribution in [0.3, 0.4) is 0 Å². The summed E-state index contributed by atoms with van der Waals surface area (Å²) in [7, 11) is 0. The first-order valence-corrected chi connectivity index (χ1v) is 7.11. The van der Waals surface area contributed by atoms with Crippen molar-refractivity contribution in [2.75, 3.05) is 6.61 Å². The second-order valence-corrected chi connectivity index (χ2v) is 5.21. The number of alkyl halides is 3. The van der Waals surface area contributed by atoms with E-state index in [2.05, 4.69) is 14.7 Å². The van der Waals surface area contributed by atoms with Crippen LogP contribution in [-0.4, -0.2) is 24.6 Å². The van der Waals surface area contributed by atoms with Crippen molar-refractivity contribution in [3.63, 3.8) is 0 Å². The molecule has 9 heteroatoms. The minimum absolute atomic E-state index is 0.00703. The number of nitrogens with two attached hydrogens (primary N) is 1. The predicted molar refractivity (Wildman–Crippen MR) is 78.5 cm³/mol. The summed E-state index contributed by atoms with van der Waals surface area (Å²) in [6, 6.07) is 8.61. The summed E-state index contributed by atoms with van der Waals surface area (Å²) in [5.41, 5.74) is 5.62. The fourth-order valence-corrected chi connectivity index (χ4v) is 2.11. The van der Waals surface area contributed by atoms with Crippen molar-refractivity contribution in [3.8, 4) is 5.75 Å². The Balaban J connectivity index is 2.01. The minimum Gasteiger partial charge on any atom is -0.484 e. The fourth-order valence-electron chi connectivity index (χ4n) is 1.49. The Labute approximate surface area is 133 Å². The Morgan fingerprint density at radius 2 is 2.04 bits per heavy atom. The molecule has 0 saturated heterocycles. The van der Waals surface area contributed by atoms with Crippen molar-refractivity contribution in [2.45, 2.75) is 6.18 Å². The lowest BCUT2D eigenvalue weighted by Gasteiger charge is -2.09. The summed E-state index contributed by atoms with van der Waals surface area (Å²) in [5.74, 6) is -0.938. The van der Waals surface area contributed by atoms with Crippen LogP contribution in [0.4, 0.5) is 13.2 Å². The Bertz CT molecular complexity index is 700. The van der Waals surface area contributed by atoms with Crippen LogP contribution >= 0.6 is 11.3 Å². The van der Waals surface area contributed by atoms with Gasteiger partial charge in [0.2, 0.25) is 0 Å². The Morgan fingerprint density at radius 1 is 1.26 bits per heavy atom. The molecule has 23 heavy (non-hydrogen) atoms. The SMILES string of the molecule is N/C(=N\OC(=O)c1cccc(OCC(F)(F)F)c1)c1cccs1. The van der Waals surface area contributed by atoms with Gasteiger partial charge in [-0.2, -0.15) is 13.2 Å². The molecular formula is C14H11F3N2O3S. The van der Waals surface area contributed by atoms with Crippen molar-refractivity contribution in [2.24, 2.45) is 10.9 Å². The number of hydrogen-bond acceptors (Lipinski definition) is 5. The number of halogens is 3. The Morgan fingerprint density at radius 3 is 2.70 bits per heavy atom. The predicted octanol–water partition coefficient (Wildman–Crippen LogP) is 3.17. The van der Waals surface area contributed by atoms with Crippen LogP contribution in [0.2, 0.25) is 0 Å². The lowest BCUT2D eigenvalue weighted by Crippen LogP contribution is -2.19. The van der Waals surface area contributed by atoms with Crippen LogP contribution < -0.4 is 10.5 Å². The highest BCUT2D eigenvalue weighted by Crippen LogP contribution is 2.19. The topological polar surface area (TPSA) is 73.9 Å². The van der Waals surface area contributed by atoms with E-state index in [1.54, 1.807) is 17.5 Å². The summed E-state index contributed by atoms with van der Waals surface area (Å²) in [5, 5.41) is 5.27. The van der Waals surface area contributed by atoms with Crippen LogP contribution in [0.25, 0.3) is 0 Å². The Hall–Kier alpha value is -2.55. The minimum atomic E-state index is -4.46. The number of ether oxygens (including phenoxy) is 1. The first kappa shape index (κ1) is 16.8. The van der Waals surface area contributed by atoms with E-state index >= 15 is 0 Å². The number of carbonyl (C=O) groups excluding carboxylic acids is 1. The first-order chi connectivity index (χ1) is 10.8. The normalized spacial score (nSPS) is 12.0. The van der Waals surface area contributed by atoms with E-state index in [1.165, 1.54) is 29.5 Å². The zero-order valence-electron chi connectivity index (χ0n) is 11.5. The molecule has 2 aromatic rings. The summed E-state index contributed by atoms with van der Waals surface area (Å²) in [6.07, 6.45) is -4.46. The van der Waals surface area contributed by atoms with Crippen molar-refractivity contribution in [1.29, 1.82) is 0 Å². The smallest absolute Gasteiger partial charge is 0.422 e. The summed E-state index contributed by atoms with van der Waals surface area (Å²) in [6.45, 7) is -1.45. The third kappa shape index (κ3) is 5.29. The van der Waals surface area contributed by atoms with Gasteiger partial charge in [-0.15, -0.1) is 11.3 Å². The molecule has 2 N–H and O–H groups in total. The van der Waals surface area contributed by atoms with Crippen molar-refractivity contribution in [1.82, 2.24) is 0 Å². The van der Waals surface area contributed by atoms with Gasteiger partial charge in [0.15, 0.2) is 12.4 Å². The standard InChI is InChI=1S/C14H11F3N2O3S/c15-14(16,17)8-21-10-4-1-3-9(7-10)13(20)22-19-12(18)11-5-2-6-23-11/h1-7H,8H2,(H2,18,19). The van der Waals surface area contributed by atoms with E-state index in [1.807, 2.05) is 0 Å². The van der Waals surface area contributed by atoms with Gasteiger partial charge in [0.1, 0.15) is 5.75 Å². The molecule has 0 spiro atoms. The van der Waals surface area contributed by atoms with Gasteiger partial charge in [-0.25, -0.2) is 4.79 Å². The molecule has 0 unspecified atom stereocenters. The molecule has 0 aliphatic rings. The third-order valence-corrected chi connectivity index (χ3v) is 3.37. The monoisotopic (exact) mass is 344 g/mol. The number of rotatable bonds is 5. The van der Waals surface area contributed by atoms with E-state index in [-0.39, 0.29) is 17.1 Å². The molecule has 0 aliphatic carbocycles. The number of nitrogens with zero attached hydrogens (tertiary/aromatic N) is 1. The fraction of sp³-hybridized carbons (Fsp3) is 0.143. The number of thiophene rings is 1. The Kier molecular flexibility index (Phi) is 5.22. The van der Waals surface area contributed by atoms with Gasteiger partial charge in [0.05, 0.1) is 10.4 Å². The summed E-state index contributed by atoms with van der Waals surface area (Å²) >= 11 is 1.32. The molecule has 0 fully saturated rings. The first-order valence-electron chi connectivity index (χ1n) is 6.23. The van der Waals surface area contributed by atoms with Crippen molar-refractivity contribution < 1.29 is 27.5 Å². The average molecular weight is 344 g/mol. The van der Waals surface area contributed by atoms with Gasteiger partial charge in [0.25, 0.3) is 0 Å². The number of oxime groups is 1. The van der Waals surface area contributed by atoms with E-state index < -0.39 is 18.8 Å². The second kappa shape index (κ2) is 7.14. The number of carbonyl (C=O) groups is 1. The maximum atomic E-state index is 12.1. The molecule has 2 rings (SSSR count). The van der Waals surface area contributed by atoms with Gasteiger partial charge < -0.3 is 15.3 Å². The highest BCUT2D eigenvalue weighted by molar-refractivity contribution is 7.12. The van der Waals surface area contributed by atoms with E-state index in [0.29, 0.717) is 4.88 Å². The molecule has 1 aromatic heterocycles.